The topological polar surface area (TPSA) is 70.6 Å². The average Bonchev–Trinajstić information content (AvgIpc) is 3.13. The number of aliphatic hydroxyl groups excluding tert-OH is 1. The van der Waals surface area contributed by atoms with Crippen LogP contribution in [0.5, 0.6) is 0 Å². The van der Waals surface area contributed by atoms with Gasteiger partial charge in [-0.25, -0.2) is 4.79 Å². The molecular weight excluding hydrogens is 268 g/mol. The second-order valence-electron chi connectivity index (χ2n) is 6.45. The molecule has 5 nitrogen and oxygen atoms in total. The molecule has 2 aliphatic rings. The van der Waals surface area contributed by atoms with Crippen molar-refractivity contribution in [3.05, 3.63) is 12.2 Å². The van der Waals surface area contributed by atoms with Gasteiger partial charge in [-0.2, -0.15) is 0 Å². The molecule has 0 radical (unpaired) electrons. The van der Waals surface area contributed by atoms with Gasteiger partial charge in [-0.05, 0) is 31.1 Å². The standard InChI is InChI=1S/C16H28N2O3/c1-21-9-8-16(6-2-3-7-16)12-17-15(20)18-14-5-4-13(10-14)11-19/h4-5,13-14,19H,2-3,6-12H2,1H3,(H2,17,18,20)/t13-,14+/m0/s1. The van der Waals surface area contributed by atoms with Crippen LogP contribution < -0.4 is 10.6 Å². The Bertz CT molecular complexity index is 365. The van der Waals surface area contributed by atoms with Gasteiger partial charge in [-0.3, -0.25) is 0 Å². The second kappa shape index (κ2) is 7.80. The Labute approximate surface area is 127 Å². The van der Waals surface area contributed by atoms with Crippen molar-refractivity contribution >= 4 is 6.03 Å². The van der Waals surface area contributed by atoms with Crippen LogP contribution in [0.15, 0.2) is 12.2 Å². The third-order valence-corrected chi connectivity index (χ3v) is 4.85. The highest BCUT2D eigenvalue weighted by molar-refractivity contribution is 5.74. The van der Waals surface area contributed by atoms with E-state index in [0.29, 0.717) is 0 Å². The number of rotatable bonds is 7. The first-order valence-electron chi connectivity index (χ1n) is 8.00. The van der Waals surface area contributed by atoms with Crippen LogP contribution >= 0.6 is 0 Å². The number of nitrogens with one attached hydrogen (secondary N) is 2. The Morgan fingerprint density at radius 3 is 2.76 bits per heavy atom. The van der Waals surface area contributed by atoms with Crippen molar-refractivity contribution in [2.24, 2.45) is 11.3 Å². The van der Waals surface area contributed by atoms with Gasteiger partial charge in [-0.15, -0.1) is 0 Å². The van der Waals surface area contributed by atoms with Crippen molar-refractivity contribution in [1.29, 1.82) is 0 Å². The van der Waals surface area contributed by atoms with Gasteiger partial charge < -0.3 is 20.5 Å². The number of carbonyl (C=O) groups excluding carboxylic acids is 1. The highest BCUT2D eigenvalue weighted by Gasteiger charge is 2.33. The summed E-state index contributed by atoms with van der Waals surface area (Å²) in [6.45, 7) is 1.63. The Morgan fingerprint density at radius 1 is 1.38 bits per heavy atom. The molecule has 0 saturated heterocycles. The molecule has 0 bridgehead atoms. The number of hydrogen-bond donors (Lipinski definition) is 3. The molecule has 21 heavy (non-hydrogen) atoms. The van der Waals surface area contributed by atoms with E-state index in [2.05, 4.69) is 10.6 Å². The second-order valence-corrected chi connectivity index (χ2v) is 6.45. The zero-order valence-electron chi connectivity index (χ0n) is 12.9. The number of urea groups is 1. The first kappa shape index (κ1) is 16.3. The van der Waals surface area contributed by atoms with Crippen LogP contribution in [0.1, 0.15) is 38.5 Å². The third-order valence-electron chi connectivity index (χ3n) is 4.85. The molecule has 0 aliphatic heterocycles. The zero-order chi connectivity index (χ0) is 15.1. The fourth-order valence-corrected chi connectivity index (χ4v) is 3.46. The van der Waals surface area contributed by atoms with Crippen LogP contribution in [0, 0.1) is 11.3 Å². The third kappa shape index (κ3) is 4.71. The number of aliphatic hydroxyl groups is 1. The minimum Gasteiger partial charge on any atom is -0.396 e. The van der Waals surface area contributed by atoms with Crippen molar-refractivity contribution in [2.75, 3.05) is 26.9 Å². The van der Waals surface area contributed by atoms with Crippen molar-refractivity contribution in [2.45, 2.75) is 44.6 Å². The van der Waals surface area contributed by atoms with E-state index in [4.69, 9.17) is 9.84 Å². The molecule has 2 rings (SSSR count). The molecule has 2 aliphatic carbocycles. The summed E-state index contributed by atoms with van der Waals surface area (Å²) in [6, 6.07) is -0.0624. The van der Waals surface area contributed by atoms with Crippen molar-refractivity contribution in [3.63, 3.8) is 0 Å². The monoisotopic (exact) mass is 296 g/mol. The lowest BCUT2D eigenvalue weighted by atomic mass is 9.83. The highest BCUT2D eigenvalue weighted by Crippen LogP contribution is 2.40. The summed E-state index contributed by atoms with van der Waals surface area (Å²) in [6.07, 6.45) is 10.6. The Hall–Kier alpha value is -1.07. The van der Waals surface area contributed by atoms with Crippen molar-refractivity contribution in [3.8, 4) is 0 Å². The normalized spacial score (nSPS) is 27.0. The minimum atomic E-state index is -0.105. The molecule has 0 heterocycles. The molecule has 2 amide bonds. The molecule has 0 aromatic rings. The van der Waals surface area contributed by atoms with Gasteiger partial charge in [-0.1, -0.05) is 25.0 Å². The lowest BCUT2D eigenvalue weighted by molar-refractivity contribution is 0.135. The van der Waals surface area contributed by atoms with Crippen LogP contribution in [0.25, 0.3) is 0 Å². The van der Waals surface area contributed by atoms with Crippen LogP contribution in [-0.2, 0) is 4.74 Å². The van der Waals surface area contributed by atoms with Gasteiger partial charge in [0.2, 0.25) is 0 Å². The smallest absolute Gasteiger partial charge is 0.315 e. The molecule has 1 fully saturated rings. The SMILES string of the molecule is COCCC1(CNC(=O)N[C@@H]2C=C[C@H](CO)C2)CCCC1. The predicted octanol–water partition coefficient (Wildman–Crippen LogP) is 1.82. The molecule has 0 unspecified atom stereocenters. The summed E-state index contributed by atoms with van der Waals surface area (Å²) in [4.78, 5) is 12.0. The first-order valence-corrected chi connectivity index (χ1v) is 8.00. The van der Waals surface area contributed by atoms with E-state index in [0.717, 1.165) is 26.0 Å². The Morgan fingerprint density at radius 2 is 2.14 bits per heavy atom. The zero-order valence-corrected chi connectivity index (χ0v) is 12.9. The van der Waals surface area contributed by atoms with Gasteiger partial charge in [0.25, 0.3) is 0 Å². The molecule has 0 spiro atoms. The van der Waals surface area contributed by atoms with Gasteiger partial charge in [0, 0.05) is 38.8 Å². The van der Waals surface area contributed by atoms with Gasteiger partial charge in [0.05, 0.1) is 0 Å². The van der Waals surface area contributed by atoms with E-state index >= 15 is 0 Å². The van der Waals surface area contributed by atoms with Gasteiger partial charge in [0.15, 0.2) is 0 Å². The van der Waals surface area contributed by atoms with Crippen LogP contribution in [0.4, 0.5) is 4.79 Å². The van der Waals surface area contributed by atoms with E-state index in [1.807, 2.05) is 12.2 Å². The van der Waals surface area contributed by atoms with Crippen LogP contribution in [0.3, 0.4) is 0 Å². The largest absolute Gasteiger partial charge is 0.396 e. The Balaban J connectivity index is 1.73. The summed E-state index contributed by atoms with van der Waals surface area (Å²) >= 11 is 0. The van der Waals surface area contributed by atoms with Crippen molar-refractivity contribution < 1.29 is 14.6 Å². The van der Waals surface area contributed by atoms with Gasteiger partial charge >= 0.3 is 6.03 Å². The number of hydrogen-bond acceptors (Lipinski definition) is 3. The quantitative estimate of drug-likeness (QED) is 0.628. The maximum atomic E-state index is 12.0. The summed E-state index contributed by atoms with van der Waals surface area (Å²) in [5.41, 5.74) is 0.215. The fraction of sp³-hybridized carbons (Fsp3) is 0.812. The first-order chi connectivity index (χ1) is 10.2. The van der Waals surface area contributed by atoms with E-state index < -0.39 is 0 Å². The predicted molar refractivity (Wildman–Crippen MR) is 82.0 cm³/mol. The average molecular weight is 296 g/mol. The van der Waals surface area contributed by atoms with E-state index in [9.17, 15) is 4.79 Å². The number of ether oxygens (including phenoxy) is 1. The fourth-order valence-electron chi connectivity index (χ4n) is 3.46. The summed E-state index contributed by atoms with van der Waals surface area (Å²) in [5.74, 6) is 0.179. The molecule has 5 heteroatoms. The number of amides is 2. The lowest BCUT2D eigenvalue weighted by Gasteiger charge is -2.29. The highest BCUT2D eigenvalue weighted by atomic mass is 16.5. The number of methoxy groups -OCH3 is 1. The molecule has 0 aromatic carbocycles. The van der Waals surface area contributed by atoms with Crippen LogP contribution in [-0.4, -0.2) is 44.0 Å². The Kier molecular flexibility index (Phi) is 6.06. The molecule has 0 aromatic heterocycles. The maximum Gasteiger partial charge on any atom is 0.315 e. The minimum absolute atomic E-state index is 0.0423. The maximum absolute atomic E-state index is 12.0. The molecule has 2 atom stereocenters. The van der Waals surface area contributed by atoms with Crippen molar-refractivity contribution in [1.82, 2.24) is 10.6 Å². The lowest BCUT2D eigenvalue weighted by Crippen LogP contribution is -2.45. The molecule has 3 N–H and O–H groups in total. The van der Waals surface area contributed by atoms with Crippen LogP contribution in [0.2, 0.25) is 0 Å². The summed E-state index contributed by atoms with van der Waals surface area (Å²) < 4.78 is 5.21. The van der Waals surface area contributed by atoms with E-state index in [1.54, 1.807) is 7.11 Å². The molecule has 1 saturated carbocycles. The molecule has 120 valence electrons. The van der Waals surface area contributed by atoms with Gasteiger partial charge in [0.1, 0.15) is 0 Å². The summed E-state index contributed by atoms with van der Waals surface area (Å²) in [7, 11) is 1.73. The molecular formula is C16H28N2O3. The van der Waals surface area contributed by atoms with E-state index in [-0.39, 0.29) is 30.0 Å². The number of carbonyl (C=O) groups is 1. The summed E-state index contributed by atoms with van der Waals surface area (Å²) in [5, 5.41) is 15.1. The van der Waals surface area contributed by atoms with E-state index in [1.165, 1.54) is 25.7 Å².